The first kappa shape index (κ1) is 15.3. The van der Waals surface area contributed by atoms with E-state index in [1.165, 1.54) is 18.2 Å². The first-order valence-electron chi connectivity index (χ1n) is 6.31. The molecule has 5 heteroatoms. The lowest BCUT2D eigenvalue weighted by Gasteiger charge is -2.22. The van der Waals surface area contributed by atoms with E-state index in [9.17, 15) is 15.0 Å². The molecule has 4 N–H and O–H groups in total. The van der Waals surface area contributed by atoms with Crippen molar-refractivity contribution < 1.29 is 20.1 Å². The summed E-state index contributed by atoms with van der Waals surface area (Å²) in [7, 11) is 0. The Hall–Kier alpha value is -1.75. The van der Waals surface area contributed by atoms with Gasteiger partial charge in [-0.1, -0.05) is 13.8 Å². The average Bonchev–Trinajstić information content (AvgIpc) is 2.25. The van der Waals surface area contributed by atoms with Gasteiger partial charge < -0.3 is 15.3 Å². The summed E-state index contributed by atoms with van der Waals surface area (Å²) in [5.41, 5.74) is 0.646. The van der Waals surface area contributed by atoms with E-state index in [1.54, 1.807) is 6.92 Å². The summed E-state index contributed by atoms with van der Waals surface area (Å²) in [6.45, 7) is 5.72. The summed E-state index contributed by atoms with van der Waals surface area (Å²) in [6, 6.07) is 3.31. The summed E-state index contributed by atoms with van der Waals surface area (Å²) < 4.78 is 0. The van der Waals surface area contributed by atoms with Crippen molar-refractivity contribution in [2.24, 2.45) is 5.92 Å². The monoisotopic (exact) mass is 267 g/mol. The molecule has 0 aliphatic carbocycles. The lowest BCUT2D eigenvalue weighted by atomic mass is 10.0. The van der Waals surface area contributed by atoms with Crippen LogP contribution in [0, 0.1) is 5.92 Å². The van der Waals surface area contributed by atoms with Crippen LogP contribution in [0.1, 0.15) is 38.8 Å². The fourth-order valence-electron chi connectivity index (χ4n) is 1.98. The van der Waals surface area contributed by atoms with Crippen molar-refractivity contribution in [3.63, 3.8) is 0 Å². The second kappa shape index (κ2) is 6.43. The minimum Gasteiger partial charge on any atom is -0.508 e. The summed E-state index contributed by atoms with van der Waals surface area (Å²) in [6.07, 6.45) is 0.518. The van der Waals surface area contributed by atoms with Crippen LogP contribution < -0.4 is 5.32 Å². The van der Waals surface area contributed by atoms with E-state index in [1.807, 2.05) is 13.8 Å². The van der Waals surface area contributed by atoms with E-state index in [2.05, 4.69) is 5.32 Å². The number of aliphatic carboxylic acids is 1. The van der Waals surface area contributed by atoms with E-state index < -0.39 is 12.0 Å². The van der Waals surface area contributed by atoms with Gasteiger partial charge in [-0.2, -0.15) is 0 Å². The number of benzene rings is 1. The van der Waals surface area contributed by atoms with Crippen molar-refractivity contribution in [1.82, 2.24) is 5.32 Å². The first-order chi connectivity index (χ1) is 8.79. The second-order valence-corrected chi connectivity index (χ2v) is 5.19. The highest BCUT2D eigenvalue weighted by Gasteiger charge is 2.21. The van der Waals surface area contributed by atoms with Crippen molar-refractivity contribution in [2.45, 2.75) is 39.3 Å². The predicted octanol–water partition coefficient (Wildman–Crippen LogP) is 2.25. The quantitative estimate of drug-likeness (QED) is 0.634. The van der Waals surface area contributed by atoms with Crippen LogP contribution >= 0.6 is 0 Å². The molecule has 106 valence electrons. The number of carboxylic acids is 1. The normalized spacial score (nSPS) is 14.3. The molecule has 0 bridgehead atoms. The predicted molar refractivity (Wildman–Crippen MR) is 72.2 cm³/mol. The average molecular weight is 267 g/mol. The van der Waals surface area contributed by atoms with Crippen LogP contribution in [0.25, 0.3) is 0 Å². The highest BCUT2D eigenvalue weighted by molar-refractivity contribution is 5.73. The summed E-state index contributed by atoms with van der Waals surface area (Å²) in [4.78, 5) is 11.2. The molecule has 1 rings (SSSR count). The van der Waals surface area contributed by atoms with Crippen LogP contribution in [0.2, 0.25) is 0 Å². The van der Waals surface area contributed by atoms with Crippen molar-refractivity contribution in [2.75, 3.05) is 0 Å². The molecule has 0 spiro atoms. The highest BCUT2D eigenvalue weighted by atomic mass is 16.4. The van der Waals surface area contributed by atoms with Gasteiger partial charge in [0.1, 0.15) is 17.5 Å². The third kappa shape index (κ3) is 4.79. The number of nitrogens with one attached hydrogen (secondary N) is 1. The molecular weight excluding hydrogens is 246 g/mol. The third-order valence-corrected chi connectivity index (χ3v) is 2.88. The fourth-order valence-corrected chi connectivity index (χ4v) is 1.98. The summed E-state index contributed by atoms with van der Waals surface area (Å²) in [5.74, 6) is -0.720. The van der Waals surface area contributed by atoms with E-state index in [4.69, 9.17) is 5.11 Å². The van der Waals surface area contributed by atoms with Crippen LogP contribution in [0.3, 0.4) is 0 Å². The molecule has 0 aliphatic heterocycles. The Morgan fingerprint density at radius 1 is 1.16 bits per heavy atom. The van der Waals surface area contributed by atoms with Gasteiger partial charge >= 0.3 is 5.97 Å². The zero-order valence-corrected chi connectivity index (χ0v) is 11.4. The van der Waals surface area contributed by atoms with Crippen LogP contribution in [0.15, 0.2) is 18.2 Å². The highest BCUT2D eigenvalue weighted by Crippen LogP contribution is 2.25. The molecule has 0 saturated heterocycles. The Balaban J connectivity index is 2.81. The molecule has 0 aliphatic rings. The van der Waals surface area contributed by atoms with Crippen molar-refractivity contribution in [1.29, 1.82) is 0 Å². The number of aromatic hydroxyl groups is 2. The topological polar surface area (TPSA) is 89.8 Å². The lowest BCUT2D eigenvalue weighted by molar-refractivity contribution is -0.140. The fraction of sp³-hybridized carbons (Fsp3) is 0.500. The molecule has 19 heavy (non-hydrogen) atoms. The Kier molecular flexibility index (Phi) is 5.18. The van der Waals surface area contributed by atoms with E-state index in [0.717, 1.165) is 0 Å². The Morgan fingerprint density at radius 3 is 2.11 bits per heavy atom. The molecule has 1 aromatic carbocycles. The molecule has 0 radical (unpaired) electrons. The number of carboxylic acid groups (broad SMARTS) is 1. The van der Waals surface area contributed by atoms with Crippen LogP contribution in [0.5, 0.6) is 11.5 Å². The number of rotatable bonds is 6. The molecule has 0 amide bonds. The minimum absolute atomic E-state index is 0.0422. The smallest absolute Gasteiger partial charge is 0.320 e. The summed E-state index contributed by atoms with van der Waals surface area (Å²) in [5, 5.41) is 31.0. The minimum atomic E-state index is -0.898. The van der Waals surface area contributed by atoms with Gasteiger partial charge in [-0.15, -0.1) is 0 Å². The van der Waals surface area contributed by atoms with Gasteiger partial charge in [0.2, 0.25) is 0 Å². The Labute approximate surface area is 112 Å². The van der Waals surface area contributed by atoms with Crippen LogP contribution in [-0.2, 0) is 4.79 Å². The van der Waals surface area contributed by atoms with Crippen molar-refractivity contribution >= 4 is 5.97 Å². The second-order valence-electron chi connectivity index (χ2n) is 5.19. The SMILES string of the molecule is CC(C)CC(NC(C)c1cc(O)cc(O)c1)C(=O)O. The molecule has 2 atom stereocenters. The zero-order valence-electron chi connectivity index (χ0n) is 11.4. The Bertz CT molecular complexity index is 425. The van der Waals surface area contributed by atoms with E-state index >= 15 is 0 Å². The molecule has 0 fully saturated rings. The summed E-state index contributed by atoms with van der Waals surface area (Å²) >= 11 is 0. The van der Waals surface area contributed by atoms with Gasteiger partial charge in [-0.3, -0.25) is 10.1 Å². The largest absolute Gasteiger partial charge is 0.508 e. The number of phenols is 2. The molecule has 1 aromatic rings. The molecular formula is C14H21NO4. The molecule has 2 unspecified atom stereocenters. The molecule has 0 saturated carbocycles. The molecule has 0 heterocycles. The maximum atomic E-state index is 11.2. The van der Waals surface area contributed by atoms with E-state index in [0.29, 0.717) is 12.0 Å². The standard InChI is InChI=1S/C14H21NO4/c1-8(2)4-13(14(18)19)15-9(3)10-5-11(16)7-12(17)6-10/h5-9,13,15-17H,4H2,1-3H3,(H,18,19). The third-order valence-electron chi connectivity index (χ3n) is 2.88. The molecule has 0 aromatic heterocycles. The van der Waals surface area contributed by atoms with Gasteiger partial charge in [-0.05, 0) is 37.0 Å². The Morgan fingerprint density at radius 2 is 1.68 bits per heavy atom. The van der Waals surface area contributed by atoms with Gasteiger partial charge in [0.25, 0.3) is 0 Å². The van der Waals surface area contributed by atoms with Crippen molar-refractivity contribution in [3.8, 4) is 11.5 Å². The number of phenolic OH excluding ortho intramolecular Hbond substituents is 2. The number of carbonyl (C=O) groups is 1. The van der Waals surface area contributed by atoms with Crippen LogP contribution in [-0.4, -0.2) is 27.3 Å². The zero-order chi connectivity index (χ0) is 14.6. The van der Waals surface area contributed by atoms with Gasteiger partial charge in [0, 0.05) is 12.1 Å². The lowest BCUT2D eigenvalue weighted by Crippen LogP contribution is -2.39. The number of hydrogen-bond donors (Lipinski definition) is 4. The maximum Gasteiger partial charge on any atom is 0.320 e. The number of hydrogen-bond acceptors (Lipinski definition) is 4. The van der Waals surface area contributed by atoms with Gasteiger partial charge in [0.15, 0.2) is 0 Å². The van der Waals surface area contributed by atoms with Crippen LogP contribution in [0.4, 0.5) is 0 Å². The van der Waals surface area contributed by atoms with Gasteiger partial charge in [-0.25, -0.2) is 0 Å². The first-order valence-corrected chi connectivity index (χ1v) is 6.31. The molecule has 5 nitrogen and oxygen atoms in total. The maximum absolute atomic E-state index is 11.2. The van der Waals surface area contributed by atoms with Crippen molar-refractivity contribution in [3.05, 3.63) is 23.8 Å². The van der Waals surface area contributed by atoms with Gasteiger partial charge in [0.05, 0.1) is 0 Å². The van der Waals surface area contributed by atoms with E-state index in [-0.39, 0.29) is 23.5 Å².